The second kappa shape index (κ2) is 5.62. The molecule has 1 amide bonds. The molecule has 4 nitrogen and oxygen atoms in total. The molecule has 0 saturated heterocycles. The van der Waals surface area contributed by atoms with Crippen LogP contribution in [0.1, 0.15) is 18.1 Å². The van der Waals surface area contributed by atoms with E-state index in [1.54, 1.807) is 19.1 Å². The van der Waals surface area contributed by atoms with Gasteiger partial charge in [0.2, 0.25) is 5.91 Å². The molecule has 0 aliphatic carbocycles. The number of hydrogen-bond acceptors (Lipinski definition) is 2. The van der Waals surface area contributed by atoms with Gasteiger partial charge in [-0.15, -0.1) is 0 Å². The minimum Gasteiger partial charge on any atom is -0.481 e. The standard InChI is InChI=1S/C13H16FNO3/c1-8-6-10(4-5-11(8)14)7-15(3)12(16)9(2)13(17)18/h4-6,9H,7H2,1-3H3,(H,17,18). The predicted octanol–water partition coefficient (Wildman–Crippen LogP) is 1.81. The number of carboxylic acid groups (broad SMARTS) is 1. The van der Waals surface area contributed by atoms with Crippen LogP contribution in [0.2, 0.25) is 0 Å². The third kappa shape index (κ3) is 3.29. The van der Waals surface area contributed by atoms with Gasteiger partial charge < -0.3 is 10.0 Å². The van der Waals surface area contributed by atoms with Crippen LogP contribution in [0.3, 0.4) is 0 Å². The second-order valence-corrected chi connectivity index (χ2v) is 4.34. The summed E-state index contributed by atoms with van der Waals surface area (Å²) in [6, 6.07) is 4.56. The molecule has 0 heterocycles. The maximum Gasteiger partial charge on any atom is 0.315 e. The van der Waals surface area contributed by atoms with E-state index in [1.807, 2.05) is 0 Å². The number of halogens is 1. The molecule has 0 aliphatic rings. The Balaban J connectivity index is 2.75. The minimum atomic E-state index is -1.15. The van der Waals surface area contributed by atoms with Gasteiger partial charge in [0, 0.05) is 13.6 Å². The van der Waals surface area contributed by atoms with Gasteiger partial charge in [-0.3, -0.25) is 9.59 Å². The van der Waals surface area contributed by atoms with Crippen molar-refractivity contribution in [3.63, 3.8) is 0 Å². The van der Waals surface area contributed by atoms with Crippen molar-refractivity contribution >= 4 is 11.9 Å². The molecule has 1 unspecified atom stereocenters. The van der Waals surface area contributed by atoms with Crippen LogP contribution in [-0.4, -0.2) is 28.9 Å². The fraction of sp³-hybridized carbons (Fsp3) is 0.385. The first-order valence-corrected chi connectivity index (χ1v) is 5.55. The zero-order valence-corrected chi connectivity index (χ0v) is 10.6. The molecule has 0 aliphatic heterocycles. The van der Waals surface area contributed by atoms with Crippen LogP contribution >= 0.6 is 0 Å². The molecule has 0 radical (unpaired) electrons. The lowest BCUT2D eigenvalue weighted by Crippen LogP contribution is -2.34. The molecular weight excluding hydrogens is 237 g/mol. The number of nitrogens with zero attached hydrogens (tertiary/aromatic N) is 1. The highest BCUT2D eigenvalue weighted by molar-refractivity contribution is 5.96. The van der Waals surface area contributed by atoms with Gasteiger partial charge in [0.05, 0.1) is 0 Å². The zero-order chi connectivity index (χ0) is 13.9. The molecule has 1 N–H and O–H groups in total. The van der Waals surface area contributed by atoms with Gasteiger partial charge in [0.1, 0.15) is 11.7 Å². The average Bonchev–Trinajstić information content (AvgIpc) is 2.31. The SMILES string of the molecule is Cc1cc(CN(C)C(=O)C(C)C(=O)O)ccc1F. The van der Waals surface area contributed by atoms with Crippen molar-refractivity contribution in [2.75, 3.05) is 7.05 Å². The number of carboxylic acids is 1. The van der Waals surface area contributed by atoms with Crippen molar-refractivity contribution in [3.8, 4) is 0 Å². The number of aliphatic carboxylic acids is 1. The van der Waals surface area contributed by atoms with E-state index in [2.05, 4.69) is 0 Å². The summed E-state index contributed by atoms with van der Waals surface area (Å²) in [7, 11) is 1.53. The number of benzene rings is 1. The summed E-state index contributed by atoms with van der Waals surface area (Å²) in [6.45, 7) is 3.25. The molecule has 5 heteroatoms. The van der Waals surface area contributed by atoms with Crippen LogP contribution < -0.4 is 0 Å². The number of carbonyl (C=O) groups is 2. The highest BCUT2D eigenvalue weighted by Gasteiger charge is 2.23. The summed E-state index contributed by atoms with van der Waals surface area (Å²) in [5.74, 6) is -2.99. The summed E-state index contributed by atoms with van der Waals surface area (Å²) in [4.78, 5) is 23.7. The average molecular weight is 253 g/mol. The maximum atomic E-state index is 13.1. The van der Waals surface area contributed by atoms with Crippen LogP contribution in [0.5, 0.6) is 0 Å². The molecule has 0 spiro atoms. The molecule has 0 bridgehead atoms. The van der Waals surface area contributed by atoms with Crippen LogP contribution in [0.4, 0.5) is 4.39 Å². The molecule has 0 aromatic heterocycles. The Kier molecular flexibility index (Phi) is 4.42. The lowest BCUT2D eigenvalue weighted by Gasteiger charge is -2.19. The highest BCUT2D eigenvalue weighted by Crippen LogP contribution is 2.12. The third-order valence-corrected chi connectivity index (χ3v) is 2.76. The number of carbonyl (C=O) groups excluding carboxylic acids is 1. The van der Waals surface area contributed by atoms with Gasteiger partial charge in [0.25, 0.3) is 0 Å². The lowest BCUT2D eigenvalue weighted by atomic mass is 10.1. The number of aryl methyl sites for hydroxylation is 1. The van der Waals surface area contributed by atoms with Gasteiger partial charge in [-0.25, -0.2) is 4.39 Å². The molecule has 0 fully saturated rings. The van der Waals surface area contributed by atoms with Gasteiger partial charge in [0.15, 0.2) is 0 Å². The van der Waals surface area contributed by atoms with E-state index in [0.29, 0.717) is 5.56 Å². The van der Waals surface area contributed by atoms with Gasteiger partial charge in [-0.1, -0.05) is 12.1 Å². The Morgan fingerprint density at radius 1 is 1.44 bits per heavy atom. The topological polar surface area (TPSA) is 57.6 Å². The maximum absolute atomic E-state index is 13.1. The first-order chi connectivity index (χ1) is 8.32. The van der Waals surface area contributed by atoms with Crippen molar-refractivity contribution in [1.82, 2.24) is 4.90 Å². The quantitative estimate of drug-likeness (QED) is 0.833. The Hall–Kier alpha value is -1.91. The molecule has 1 aromatic rings. The Labute approximate surface area is 105 Å². The number of hydrogen-bond donors (Lipinski definition) is 1. The van der Waals surface area contributed by atoms with Crippen molar-refractivity contribution in [3.05, 3.63) is 35.1 Å². The van der Waals surface area contributed by atoms with E-state index >= 15 is 0 Å². The van der Waals surface area contributed by atoms with Crippen LogP contribution in [0, 0.1) is 18.7 Å². The van der Waals surface area contributed by atoms with Crippen LogP contribution in [0.25, 0.3) is 0 Å². The second-order valence-electron chi connectivity index (χ2n) is 4.34. The fourth-order valence-electron chi connectivity index (χ4n) is 1.59. The number of amides is 1. The largest absolute Gasteiger partial charge is 0.481 e. The minimum absolute atomic E-state index is 0.261. The fourth-order valence-corrected chi connectivity index (χ4v) is 1.59. The number of rotatable bonds is 4. The van der Waals surface area contributed by atoms with Crippen LogP contribution in [0.15, 0.2) is 18.2 Å². The van der Waals surface area contributed by atoms with Gasteiger partial charge >= 0.3 is 5.97 Å². The van der Waals surface area contributed by atoms with Crippen molar-refractivity contribution in [2.45, 2.75) is 20.4 Å². The first kappa shape index (κ1) is 14.2. The van der Waals surface area contributed by atoms with E-state index in [0.717, 1.165) is 5.56 Å². The van der Waals surface area contributed by atoms with E-state index in [-0.39, 0.29) is 12.4 Å². The predicted molar refractivity (Wildman–Crippen MR) is 64.4 cm³/mol. The Morgan fingerprint density at radius 2 is 2.06 bits per heavy atom. The summed E-state index contributed by atoms with van der Waals surface area (Å²) in [6.07, 6.45) is 0. The highest BCUT2D eigenvalue weighted by atomic mass is 19.1. The molecule has 1 aromatic carbocycles. The Bertz CT molecular complexity index is 473. The van der Waals surface area contributed by atoms with Crippen molar-refractivity contribution in [1.29, 1.82) is 0 Å². The van der Waals surface area contributed by atoms with Gasteiger partial charge in [-0.2, -0.15) is 0 Å². The van der Waals surface area contributed by atoms with E-state index < -0.39 is 17.8 Å². The molecule has 0 saturated carbocycles. The zero-order valence-electron chi connectivity index (χ0n) is 10.6. The summed E-state index contributed by atoms with van der Waals surface area (Å²) in [5.41, 5.74) is 1.27. The molecule has 18 heavy (non-hydrogen) atoms. The molecule has 1 atom stereocenters. The first-order valence-electron chi connectivity index (χ1n) is 5.55. The molecular formula is C13H16FNO3. The van der Waals surface area contributed by atoms with E-state index in [9.17, 15) is 14.0 Å². The summed E-state index contributed by atoms with van der Waals surface area (Å²) in [5, 5.41) is 8.75. The summed E-state index contributed by atoms with van der Waals surface area (Å²) >= 11 is 0. The monoisotopic (exact) mass is 253 g/mol. The lowest BCUT2D eigenvalue weighted by molar-refractivity contribution is -0.149. The van der Waals surface area contributed by atoms with Gasteiger partial charge in [-0.05, 0) is 31.0 Å². The summed E-state index contributed by atoms with van der Waals surface area (Å²) < 4.78 is 13.1. The van der Waals surface area contributed by atoms with E-state index in [1.165, 1.54) is 24.9 Å². The van der Waals surface area contributed by atoms with Crippen molar-refractivity contribution in [2.24, 2.45) is 5.92 Å². The van der Waals surface area contributed by atoms with E-state index in [4.69, 9.17) is 5.11 Å². The molecule has 98 valence electrons. The van der Waals surface area contributed by atoms with Crippen LogP contribution in [-0.2, 0) is 16.1 Å². The molecule has 1 rings (SSSR count). The van der Waals surface area contributed by atoms with Crippen molar-refractivity contribution < 1.29 is 19.1 Å². The third-order valence-electron chi connectivity index (χ3n) is 2.76. The smallest absolute Gasteiger partial charge is 0.315 e. The Morgan fingerprint density at radius 3 is 2.56 bits per heavy atom. The normalized spacial score (nSPS) is 12.0.